The quantitative estimate of drug-likeness (QED) is 0.0952. The number of carbonyl (C=O) groups is 4. The van der Waals surface area contributed by atoms with Crippen molar-refractivity contribution in [2.75, 3.05) is 24.4 Å². The maximum Gasteiger partial charge on any atom is 0.259 e. The molecular weight excluding hydrogens is 718 g/mol. The van der Waals surface area contributed by atoms with Gasteiger partial charge in [-0.1, -0.05) is 56.1 Å². The van der Waals surface area contributed by atoms with E-state index in [1.807, 2.05) is 0 Å². The van der Waals surface area contributed by atoms with Gasteiger partial charge in [-0.3, -0.25) is 24.5 Å². The number of hydrogen-bond acceptors (Lipinski definition) is 9. The predicted molar refractivity (Wildman–Crippen MR) is 171 cm³/mol. The Morgan fingerprint density at radius 3 is 2.16 bits per heavy atom. The van der Waals surface area contributed by atoms with Crippen LogP contribution in [0.3, 0.4) is 0 Å². The van der Waals surface area contributed by atoms with Gasteiger partial charge in [0.2, 0.25) is 0 Å². The Kier molecular flexibility index (Phi) is 7.43. The third kappa shape index (κ3) is 4.13. The number of hydrogen-bond donors (Lipinski definition) is 5. The molecule has 2 aliphatic rings. The summed E-state index contributed by atoms with van der Waals surface area (Å²) in [6, 6.07) is 9.99. The second-order valence-corrected chi connectivity index (χ2v) is 12.1. The molecule has 1 saturated heterocycles. The molecule has 0 radical (unpaired) electrons. The predicted octanol–water partition coefficient (Wildman–Crippen LogP) is 3.09. The van der Waals surface area contributed by atoms with E-state index in [4.69, 9.17) is 9.47 Å². The number of alkyl halides is 2. The van der Waals surface area contributed by atoms with E-state index in [1.165, 1.54) is 11.7 Å². The van der Waals surface area contributed by atoms with Crippen LogP contribution in [0, 0.1) is 0 Å². The monoisotopic (exact) mass is 741 g/mol. The van der Waals surface area contributed by atoms with Crippen molar-refractivity contribution in [3.05, 3.63) is 58.7 Å². The number of Topliss-reactive ketones (excluding diaryl/α,β-unsaturated/α-hetero) is 2. The van der Waals surface area contributed by atoms with Crippen LogP contribution in [0.25, 0.3) is 43.6 Å². The maximum absolute atomic E-state index is 13.6. The average Bonchev–Trinajstić information content (AvgIpc) is 3.69. The number of imide groups is 1. The Morgan fingerprint density at radius 1 is 0.889 bits per heavy atom. The van der Waals surface area contributed by atoms with Gasteiger partial charge >= 0.3 is 0 Å². The number of amides is 2. The molecule has 0 aliphatic carbocycles. The highest BCUT2D eigenvalue weighted by molar-refractivity contribution is 9.09. The van der Waals surface area contributed by atoms with Crippen LogP contribution in [0.1, 0.15) is 47.7 Å². The van der Waals surface area contributed by atoms with E-state index in [1.54, 1.807) is 36.4 Å². The lowest BCUT2D eigenvalue weighted by atomic mass is 9.95. The number of ether oxygens (including phenoxy) is 2. The molecule has 0 spiro atoms. The van der Waals surface area contributed by atoms with Crippen LogP contribution in [0.2, 0.25) is 0 Å². The minimum Gasteiger partial charge on any atom is -0.394 e. The van der Waals surface area contributed by atoms with Gasteiger partial charge < -0.3 is 34.3 Å². The van der Waals surface area contributed by atoms with Gasteiger partial charge in [-0.2, -0.15) is 0 Å². The number of aromatic nitrogens is 2. The molecule has 45 heavy (non-hydrogen) atoms. The van der Waals surface area contributed by atoms with Crippen LogP contribution >= 0.6 is 31.9 Å². The molecule has 232 valence electrons. The van der Waals surface area contributed by atoms with Crippen LogP contribution in [-0.4, -0.2) is 97.0 Å². The number of nitrogens with one attached hydrogen (secondary N) is 2. The summed E-state index contributed by atoms with van der Waals surface area (Å²) in [6.07, 6.45) is -6.69. The van der Waals surface area contributed by atoms with Crippen LogP contribution < -0.4 is 5.32 Å². The van der Waals surface area contributed by atoms with Crippen LogP contribution in [0.4, 0.5) is 0 Å². The van der Waals surface area contributed by atoms with Crippen LogP contribution in [0.15, 0.2) is 36.4 Å². The molecule has 5 N–H and O–H groups in total. The molecule has 14 heteroatoms. The number of para-hydroxylation sites is 2. The topological polar surface area (TPSA) is 180 Å². The molecule has 5 atom stereocenters. The summed E-state index contributed by atoms with van der Waals surface area (Å²) in [5.74, 6) is -1.82. The molecule has 5 aromatic rings. The van der Waals surface area contributed by atoms with E-state index in [2.05, 4.69) is 42.2 Å². The van der Waals surface area contributed by atoms with Crippen molar-refractivity contribution in [3.63, 3.8) is 0 Å². The summed E-state index contributed by atoms with van der Waals surface area (Å²) in [4.78, 5) is 56.6. The first-order valence-corrected chi connectivity index (χ1v) is 16.2. The smallest absolute Gasteiger partial charge is 0.259 e. The number of aromatic amines is 1. The normalized spacial score (nSPS) is 23.4. The van der Waals surface area contributed by atoms with E-state index in [9.17, 15) is 34.5 Å². The average molecular weight is 743 g/mol. The lowest BCUT2D eigenvalue weighted by Crippen LogP contribution is -2.57. The largest absolute Gasteiger partial charge is 0.394 e. The van der Waals surface area contributed by atoms with Crippen molar-refractivity contribution < 1.29 is 44.0 Å². The summed E-state index contributed by atoms with van der Waals surface area (Å²) in [7, 11) is 1.32. The molecule has 4 heterocycles. The summed E-state index contributed by atoms with van der Waals surface area (Å²) in [5, 5.41) is 36.8. The number of benzene rings is 3. The van der Waals surface area contributed by atoms with Crippen molar-refractivity contribution >= 4 is 98.9 Å². The number of rotatable bonds is 7. The SMILES string of the molecule is CO[C@H]1[C@H](O)[C@@H](O)[C@H](n2c3c(C(=O)CBr)cccc3c3c4c(c5c6cccc(C(=O)CBr)c6[nH]c5c32)C(=O)NC4=O)O[C@@H]1CO. The van der Waals surface area contributed by atoms with E-state index in [0.717, 1.165) is 0 Å². The second-order valence-electron chi connectivity index (χ2n) is 11.0. The number of ketones is 2. The van der Waals surface area contributed by atoms with Crippen LogP contribution in [0.5, 0.6) is 0 Å². The summed E-state index contributed by atoms with van der Waals surface area (Å²) < 4.78 is 13.1. The summed E-state index contributed by atoms with van der Waals surface area (Å²) in [5.41, 5.74) is 2.06. The Bertz CT molecular complexity index is 2120. The third-order valence-electron chi connectivity index (χ3n) is 8.74. The zero-order valence-electron chi connectivity index (χ0n) is 23.5. The van der Waals surface area contributed by atoms with Gasteiger partial charge in [0.15, 0.2) is 17.8 Å². The summed E-state index contributed by atoms with van der Waals surface area (Å²) in [6.45, 7) is -0.560. The molecule has 2 aromatic heterocycles. The first kappa shape index (κ1) is 30.2. The van der Waals surface area contributed by atoms with Gasteiger partial charge in [0, 0.05) is 39.8 Å². The Hall–Kier alpha value is -3.50. The number of fused-ring (bicyclic) bond motifs is 10. The van der Waals surface area contributed by atoms with Gasteiger partial charge in [0.05, 0.1) is 50.5 Å². The Labute approximate surface area is 270 Å². The highest BCUT2D eigenvalue weighted by Crippen LogP contribution is 2.47. The van der Waals surface area contributed by atoms with Gasteiger partial charge in [0.1, 0.15) is 24.4 Å². The number of carbonyl (C=O) groups excluding carboxylic acids is 4. The van der Waals surface area contributed by atoms with Gasteiger partial charge in [-0.05, 0) is 12.1 Å². The van der Waals surface area contributed by atoms with Crippen molar-refractivity contribution in [1.82, 2.24) is 14.9 Å². The molecule has 0 unspecified atom stereocenters. The maximum atomic E-state index is 13.6. The van der Waals surface area contributed by atoms with E-state index in [-0.39, 0.29) is 50.0 Å². The van der Waals surface area contributed by atoms with Crippen molar-refractivity contribution in [2.24, 2.45) is 0 Å². The number of aliphatic hydroxyl groups excluding tert-OH is 3. The lowest BCUT2D eigenvalue weighted by Gasteiger charge is -2.42. The minimum atomic E-state index is -1.63. The molecule has 2 amide bonds. The molecule has 3 aromatic carbocycles. The second kappa shape index (κ2) is 11.1. The van der Waals surface area contributed by atoms with Gasteiger partial charge in [-0.25, -0.2) is 0 Å². The molecular formula is C31H25Br2N3O9. The van der Waals surface area contributed by atoms with Crippen LogP contribution in [-0.2, 0) is 9.47 Å². The highest BCUT2D eigenvalue weighted by Gasteiger charge is 2.47. The number of H-pyrrole nitrogens is 1. The molecule has 0 bridgehead atoms. The van der Waals surface area contributed by atoms with Crippen molar-refractivity contribution in [3.8, 4) is 0 Å². The first-order chi connectivity index (χ1) is 21.7. The van der Waals surface area contributed by atoms with E-state index >= 15 is 0 Å². The molecule has 0 saturated carbocycles. The lowest BCUT2D eigenvalue weighted by molar-refractivity contribution is -0.255. The number of nitrogens with zero attached hydrogens (tertiary/aromatic N) is 1. The molecule has 2 aliphatic heterocycles. The first-order valence-electron chi connectivity index (χ1n) is 13.9. The highest BCUT2D eigenvalue weighted by atomic mass is 79.9. The van der Waals surface area contributed by atoms with E-state index in [0.29, 0.717) is 38.1 Å². The Morgan fingerprint density at radius 2 is 1.51 bits per heavy atom. The zero-order chi connectivity index (χ0) is 31.9. The number of halogens is 2. The fourth-order valence-corrected chi connectivity index (χ4v) is 7.48. The number of aliphatic hydroxyl groups is 3. The molecule has 7 rings (SSSR count). The van der Waals surface area contributed by atoms with E-state index < -0.39 is 49.1 Å². The standard InChI is InChI=1S/C31H25Br2N3O9/c1-44-28-17(10-37)45-31(27(41)26(28)40)36-24-12(16(39)9-33)5-3-7-14(24)19-21-20(29(42)35-30(21)43)18-13-6-2-4-11(15(38)8-32)22(13)34-23(18)25(19)36/h2-7,17,26-28,31,34,37,40-41H,8-10H2,1H3,(H,35,42,43)/t17-,26-,27-,28-,31-/m1/s1. The number of methoxy groups -OCH3 is 1. The van der Waals surface area contributed by atoms with Gasteiger partial charge in [-0.15, -0.1) is 0 Å². The zero-order valence-corrected chi connectivity index (χ0v) is 26.6. The fraction of sp³-hybridized carbons (Fsp3) is 0.290. The summed E-state index contributed by atoms with van der Waals surface area (Å²) >= 11 is 6.47. The Balaban J connectivity index is 1.74. The minimum absolute atomic E-state index is 0.0372. The third-order valence-corrected chi connectivity index (χ3v) is 9.75. The molecule has 12 nitrogen and oxygen atoms in total. The van der Waals surface area contributed by atoms with Gasteiger partial charge in [0.25, 0.3) is 11.8 Å². The fourth-order valence-electron chi connectivity index (χ4n) is 6.88. The van der Waals surface area contributed by atoms with Crippen molar-refractivity contribution in [1.29, 1.82) is 0 Å². The van der Waals surface area contributed by atoms with Crippen molar-refractivity contribution in [2.45, 2.75) is 30.6 Å². The molecule has 1 fully saturated rings.